The molecule has 3 nitrogen and oxygen atoms in total. The normalized spacial score (nSPS) is 37.2. The number of ether oxygens (including phenoxy) is 1. The Morgan fingerprint density at radius 2 is 2.47 bits per heavy atom. The Bertz CT molecular complexity index is 280. The molecular formula is C12H23NO2S2. The van der Waals surface area contributed by atoms with Crippen LogP contribution in [-0.4, -0.2) is 45.0 Å². The Morgan fingerprint density at radius 1 is 1.65 bits per heavy atom. The Hall–Kier alpha value is 0.420. The molecule has 0 radical (unpaired) electrons. The highest BCUT2D eigenvalue weighted by molar-refractivity contribution is 7.99. The van der Waals surface area contributed by atoms with Gasteiger partial charge >= 0.3 is 0 Å². The molecule has 0 saturated carbocycles. The molecule has 2 fully saturated rings. The summed E-state index contributed by atoms with van der Waals surface area (Å²) in [5, 5.41) is 0.554. The van der Waals surface area contributed by atoms with E-state index in [4.69, 9.17) is 10.5 Å². The van der Waals surface area contributed by atoms with Crippen LogP contribution < -0.4 is 5.73 Å². The first kappa shape index (κ1) is 13.8. The first-order valence-electron chi connectivity index (χ1n) is 6.48. The van der Waals surface area contributed by atoms with E-state index in [1.807, 2.05) is 11.8 Å². The van der Waals surface area contributed by atoms with Crippen molar-refractivity contribution in [3.05, 3.63) is 0 Å². The molecule has 0 bridgehead atoms. The number of rotatable bonds is 4. The van der Waals surface area contributed by atoms with Crippen LogP contribution in [0.3, 0.4) is 0 Å². The van der Waals surface area contributed by atoms with Gasteiger partial charge in [-0.1, -0.05) is 6.92 Å². The lowest BCUT2D eigenvalue weighted by atomic mass is 9.93. The van der Waals surface area contributed by atoms with Gasteiger partial charge < -0.3 is 10.5 Å². The van der Waals surface area contributed by atoms with Crippen LogP contribution in [-0.2, 0) is 15.5 Å². The van der Waals surface area contributed by atoms with Gasteiger partial charge in [-0.25, -0.2) is 0 Å². The Labute approximate surface area is 111 Å². The number of thioether (sulfide) groups is 1. The summed E-state index contributed by atoms with van der Waals surface area (Å²) in [4.78, 5) is 0. The summed E-state index contributed by atoms with van der Waals surface area (Å²) in [6, 6.07) is 0. The van der Waals surface area contributed by atoms with Gasteiger partial charge in [-0.2, -0.15) is 11.8 Å². The molecule has 2 heterocycles. The van der Waals surface area contributed by atoms with Crippen molar-refractivity contribution in [2.45, 2.75) is 48.7 Å². The van der Waals surface area contributed by atoms with Gasteiger partial charge in [0.15, 0.2) is 0 Å². The van der Waals surface area contributed by atoms with Gasteiger partial charge in [-0.05, 0) is 38.0 Å². The van der Waals surface area contributed by atoms with E-state index in [-0.39, 0.29) is 10.9 Å². The second kappa shape index (κ2) is 6.04. The molecule has 0 amide bonds. The highest BCUT2D eigenvalue weighted by Gasteiger charge is 2.42. The van der Waals surface area contributed by atoms with Crippen molar-refractivity contribution in [2.75, 3.05) is 24.7 Å². The molecule has 5 heteroatoms. The van der Waals surface area contributed by atoms with E-state index in [0.29, 0.717) is 11.8 Å². The Morgan fingerprint density at radius 3 is 3.12 bits per heavy atom. The molecule has 0 aliphatic carbocycles. The van der Waals surface area contributed by atoms with Crippen LogP contribution >= 0.6 is 11.8 Å². The van der Waals surface area contributed by atoms with E-state index in [9.17, 15) is 4.21 Å². The average Bonchev–Trinajstić information content (AvgIpc) is 2.76. The molecule has 4 unspecified atom stereocenters. The molecule has 0 aromatic rings. The van der Waals surface area contributed by atoms with Crippen molar-refractivity contribution in [3.8, 4) is 0 Å². The van der Waals surface area contributed by atoms with Crippen LogP contribution in [0, 0.1) is 0 Å². The van der Waals surface area contributed by atoms with Crippen LogP contribution in [0.1, 0.15) is 32.6 Å². The first-order valence-corrected chi connectivity index (χ1v) is 8.91. The standard InChI is InChI=1S/C12H23NO2S2/c1-10(2-5-13)17(14)11-3-6-15-12(8-11)4-7-16-9-12/h10-11H,2-9,13H2,1H3. The van der Waals surface area contributed by atoms with Crippen LogP contribution in [0.25, 0.3) is 0 Å². The van der Waals surface area contributed by atoms with E-state index < -0.39 is 10.8 Å². The third-order valence-electron chi connectivity index (χ3n) is 3.81. The molecule has 2 N–H and O–H groups in total. The molecule has 2 aliphatic heterocycles. The largest absolute Gasteiger partial charge is 0.374 e. The fraction of sp³-hybridized carbons (Fsp3) is 1.00. The second-order valence-electron chi connectivity index (χ2n) is 5.17. The summed E-state index contributed by atoms with van der Waals surface area (Å²) < 4.78 is 18.4. The smallest absolute Gasteiger partial charge is 0.0791 e. The van der Waals surface area contributed by atoms with Gasteiger partial charge in [0, 0.05) is 33.7 Å². The van der Waals surface area contributed by atoms with Crippen LogP contribution in [0.15, 0.2) is 0 Å². The molecule has 0 aromatic heterocycles. The lowest BCUT2D eigenvalue weighted by molar-refractivity contribution is -0.0568. The number of nitrogens with two attached hydrogens (primary N) is 1. The minimum Gasteiger partial charge on any atom is -0.374 e. The summed E-state index contributed by atoms with van der Waals surface area (Å²) >= 11 is 1.97. The molecule has 2 aliphatic rings. The van der Waals surface area contributed by atoms with E-state index >= 15 is 0 Å². The fourth-order valence-corrected chi connectivity index (χ4v) is 5.92. The minimum atomic E-state index is -0.742. The van der Waals surface area contributed by atoms with Crippen LogP contribution in [0.4, 0.5) is 0 Å². The van der Waals surface area contributed by atoms with Gasteiger partial charge in [0.05, 0.1) is 5.60 Å². The maximum atomic E-state index is 12.4. The monoisotopic (exact) mass is 277 g/mol. The molecule has 2 rings (SSSR count). The molecular weight excluding hydrogens is 254 g/mol. The van der Waals surface area contributed by atoms with Crippen molar-refractivity contribution in [2.24, 2.45) is 5.73 Å². The van der Waals surface area contributed by atoms with Gasteiger partial charge in [0.25, 0.3) is 0 Å². The summed E-state index contributed by atoms with van der Waals surface area (Å²) in [5.41, 5.74) is 5.60. The van der Waals surface area contributed by atoms with E-state index in [1.54, 1.807) is 0 Å². The molecule has 2 saturated heterocycles. The zero-order chi connectivity index (χ0) is 12.3. The van der Waals surface area contributed by atoms with E-state index in [1.165, 1.54) is 5.75 Å². The van der Waals surface area contributed by atoms with Gasteiger partial charge in [0.1, 0.15) is 0 Å². The Kier molecular flexibility index (Phi) is 4.92. The van der Waals surface area contributed by atoms with Crippen molar-refractivity contribution >= 4 is 22.6 Å². The van der Waals surface area contributed by atoms with Gasteiger partial charge in [-0.3, -0.25) is 4.21 Å². The third kappa shape index (κ3) is 3.25. The molecule has 4 atom stereocenters. The number of hydrogen-bond donors (Lipinski definition) is 1. The summed E-state index contributed by atoms with van der Waals surface area (Å²) in [7, 11) is -0.742. The maximum absolute atomic E-state index is 12.4. The first-order chi connectivity index (χ1) is 8.17. The molecule has 100 valence electrons. The Balaban J connectivity index is 1.94. The quantitative estimate of drug-likeness (QED) is 0.846. The fourth-order valence-electron chi connectivity index (χ4n) is 2.72. The third-order valence-corrected chi connectivity index (χ3v) is 7.12. The molecule has 1 spiro atoms. The van der Waals surface area contributed by atoms with Crippen molar-refractivity contribution < 1.29 is 8.95 Å². The highest BCUT2D eigenvalue weighted by atomic mass is 32.2. The highest BCUT2D eigenvalue weighted by Crippen LogP contribution is 2.39. The van der Waals surface area contributed by atoms with E-state index in [0.717, 1.165) is 38.0 Å². The predicted octanol–water partition coefficient (Wildman–Crippen LogP) is 1.53. The van der Waals surface area contributed by atoms with E-state index in [2.05, 4.69) is 6.92 Å². The van der Waals surface area contributed by atoms with Crippen LogP contribution in [0.5, 0.6) is 0 Å². The van der Waals surface area contributed by atoms with Gasteiger partial charge in [-0.15, -0.1) is 0 Å². The summed E-state index contributed by atoms with van der Waals surface area (Å²) in [6.45, 7) is 3.48. The maximum Gasteiger partial charge on any atom is 0.0791 e. The summed E-state index contributed by atoms with van der Waals surface area (Å²) in [6.07, 6.45) is 3.94. The zero-order valence-corrected chi connectivity index (χ0v) is 12.2. The SMILES string of the molecule is CC(CCN)S(=O)C1CCOC2(CCSC2)C1. The van der Waals surface area contributed by atoms with Crippen molar-refractivity contribution in [1.82, 2.24) is 0 Å². The molecule has 17 heavy (non-hydrogen) atoms. The summed E-state index contributed by atoms with van der Waals surface area (Å²) in [5.74, 6) is 2.28. The predicted molar refractivity (Wildman–Crippen MR) is 74.9 cm³/mol. The zero-order valence-electron chi connectivity index (χ0n) is 10.5. The lowest BCUT2D eigenvalue weighted by Gasteiger charge is -2.38. The lowest BCUT2D eigenvalue weighted by Crippen LogP contribution is -2.44. The van der Waals surface area contributed by atoms with Gasteiger partial charge in [0.2, 0.25) is 0 Å². The van der Waals surface area contributed by atoms with Crippen molar-refractivity contribution in [1.29, 1.82) is 0 Å². The second-order valence-corrected chi connectivity index (χ2v) is 8.40. The van der Waals surface area contributed by atoms with Crippen molar-refractivity contribution in [3.63, 3.8) is 0 Å². The topological polar surface area (TPSA) is 52.3 Å². The van der Waals surface area contributed by atoms with Crippen LogP contribution in [0.2, 0.25) is 0 Å². The number of hydrogen-bond acceptors (Lipinski definition) is 4. The molecule has 0 aromatic carbocycles. The minimum absolute atomic E-state index is 0.0473. The average molecular weight is 277 g/mol.